The zero-order chi connectivity index (χ0) is 14.8. The van der Waals surface area contributed by atoms with Crippen LogP contribution in [-0.4, -0.2) is 14.2 Å². The van der Waals surface area contributed by atoms with Crippen LogP contribution in [0.3, 0.4) is 0 Å². The van der Waals surface area contributed by atoms with Crippen LogP contribution in [0.2, 0.25) is 0 Å². The molecule has 0 bridgehead atoms. The summed E-state index contributed by atoms with van der Waals surface area (Å²) in [6, 6.07) is 7.73. The number of hydrogen-bond donors (Lipinski definition) is 0. The van der Waals surface area contributed by atoms with Crippen molar-refractivity contribution in [3.63, 3.8) is 0 Å². The third-order valence-electron chi connectivity index (χ3n) is 3.95. The summed E-state index contributed by atoms with van der Waals surface area (Å²) >= 11 is 0. The molecular weight excluding hydrogens is 270 g/mol. The van der Waals surface area contributed by atoms with E-state index in [2.05, 4.69) is 6.07 Å². The van der Waals surface area contributed by atoms with Gasteiger partial charge in [-0.05, 0) is 69.2 Å². The van der Waals surface area contributed by atoms with Gasteiger partial charge in [-0.2, -0.15) is 5.26 Å². The molecule has 0 aromatic heterocycles. The second kappa shape index (κ2) is 5.57. The van der Waals surface area contributed by atoms with Crippen molar-refractivity contribution in [3.8, 4) is 6.07 Å². The molecule has 0 amide bonds. The second-order valence-corrected chi connectivity index (χ2v) is 8.31. The Labute approximate surface area is 121 Å². The Morgan fingerprint density at radius 3 is 2.65 bits per heavy atom. The first-order chi connectivity index (χ1) is 9.34. The number of nitriles is 1. The van der Waals surface area contributed by atoms with Gasteiger partial charge in [0, 0.05) is 0 Å². The summed E-state index contributed by atoms with van der Waals surface area (Å²) < 4.78 is 24.6. The fraction of sp³-hybridized carbons (Fsp3) is 0.562. The molecule has 0 radical (unpaired) electrons. The lowest BCUT2D eigenvalue weighted by Crippen LogP contribution is -2.13. The third kappa shape index (κ3) is 3.40. The molecule has 0 N–H and O–H groups in total. The van der Waals surface area contributed by atoms with Crippen molar-refractivity contribution in [1.29, 1.82) is 5.26 Å². The fourth-order valence-corrected chi connectivity index (χ4v) is 3.98. The molecule has 2 rings (SSSR count). The molecule has 0 saturated heterocycles. The molecule has 0 unspecified atom stereocenters. The Morgan fingerprint density at radius 2 is 1.95 bits per heavy atom. The lowest BCUT2D eigenvalue weighted by molar-refractivity contribution is 0.445. The van der Waals surface area contributed by atoms with Crippen LogP contribution in [0.5, 0.6) is 0 Å². The highest BCUT2D eigenvalue weighted by atomic mass is 32.2. The highest BCUT2D eigenvalue weighted by Crippen LogP contribution is 2.26. The van der Waals surface area contributed by atoms with E-state index in [9.17, 15) is 8.42 Å². The lowest BCUT2D eigenvalue weighted by atomic mass is 9.90. The molecule has 0 atom stereocenters. The van der Waals surface area contributed by atoms with E-state index in [1.165, 1.54) is 11.1 Å². The van der Waals surface area contributed by atoms with Gasteiger partial charge in [0.1, 0.15) is 0 Å². The Kier molecular flexibility index (Phi) is 4.19. The van der Waals surface area contributed by atoms with Crippen LogP contribution in [-0.2, 0) is 22.7 Å². The predicted octanol–water partition coefficient (Wildman–Crippen LogP) is 3.28. The first-order valence-electron chi connectivity index (χ1n) is 7.10. The Bertz CT molecular complexity index is 639. The van der Waals surface area contributed by atoms with Gasteiger partial charge in [0.25, 0.3) is 0 Å². The topological polar surface area (TPSA) is 57.9 Å². The lowest BCUT2D eigenvalue weighted by Gasteiger charge is -2.14. The van der Waals surface area contributed by atoms with E-state index in [1.807, 2.05) is 26.0 Å². The van der Waals surface area contributed by atoms with E-state index in [4.69, 9.17) is 5.26 Å². The third-order valence-corrected chi connectivity index (χ3v) is 5.74. The van der Waals surface area contributed by atoms with Crippen molar-refractivity contribution >= 4 is 9.84 Å². The van der Waals surface area contributed by atoms with Gasteiger partial charge in [-0.25, -0.2) is 8.42 Å². The van der Waals surface area contributed by atoms with Crippen LogP contribution in [0.25, 0.3) is 0 Å². The minimum absolute atomic E-state index is 0.122. The molecule has 0 fully saturated rings. The van der Waals surface area contributed by atoms with Gasteiger partial charge in [0.2, 0.25) is 0 Å². The maximum Gasteiger partial charge on any atom is 0.178 e. The molecule has 1 aliphatic rings. The zero-order valence-corrected chi connectivity index (χ0v) is 13.0. The maximum atomic E-state index is 12.3. The highest BCUT2D eigenvalue weighted by molar-refractivity contribution is 7.91. The first-order valence-corrected chi connectivity index (χ1v) is 8.75. The molecule has 1 aliphatic carbocycles. The molecule has 3 nitrogen and oxygen atoms in total. The number of sulfone groups is 1. The molecule has 0 heterocycles. The minimum Gasteiger partial charge on any atom is -0.224 e. The molecule has 1 aromatic carbocycles. The van der Waals surface area contributed by atoms with Crippen LogP contribution in [0, 0.1) is 16.7 Å². The summed E-state index contributed by atoms with van der Waals surface area (Å²) in [6.07, 6.45) is 4.30. The number of rotatable bonds is 5. The summed E-state index contributed by atoms with van der Waals surface area (Å²) in [4.78, 5) is 0.438. The van der Waals surface area contributed by atoms with Crippen molar-refractivity contribution in [2.45, 2.75) is 50.8 Å². The van der Waals surface area contributed by atoms with Crippen molar-refractivity contribution in [3.05, 3.63) is 29.3 Å². The molecule has 4 heteroatoms. The zero-order valence-electron chi connectivity index (χ0n) is 12.1. The second-order valence-electron chi connectivity index (χ2n) is 6.20. The van der Waals surface area contributed by atoms with Gasteiger partial charge in [-0.15, -0.1) is 0 Å². The van der Waals surface area contributed by atoms with Crippen LogP contribution in [0.1, 0.15) is 44.2 Å². The van der Waals surface area contributed by atoms with Crippen LogP contribution < -0.4 is 0 Å². The molecule has 108 valence electrons. The van der Waals surface area contributed by atoms with Crippen molar-refractivity contribution in [2.24, 2.45) is 5.41 Å². The number of hydrogen-bond acceptors (Lipinski definition) is 3. The fourth-order valence-electron chi connectivity index (χ4n) is 2.62. The Balaban J connectivity index is 2.06. The average Bonchev–Trinajstić information content (AvgIpc) is 2.85. The van der Waals surface area contributed by atoms with Crippen LogP contribution in [0.15, 0.2) is 23.1 Å². The Morgan fingerprint density at radius 1 is 1.25 bits per heavy atom. The van der Waals surface area contributed by atoms with Gasteiger partial charge in [0.15, 0.2) is 9.84 Å². The van der Waals surface area contributed by atoms with Crippen molar-refractivity contribution in [2.75, 3.05) is 5.75 Å². The van der Waals surface area contributed by atoms with Gasteiger partial charge in [-0.3, -0.25) is 0 Å². The number of aryl methyl sites for hydroxylation is 2. The normalized spacial score (nSPS) is 14.8. The van der Waals surface area contributed by atoms with E-state index in [0.717, 1.165) is 19.3 Å². The largest absolute Gasteiger partial charge is 0.224 e. The summed E-state index contributed by atoms with van der Waals surface area (Å²) in [7, 11) is -3.22. The smallest absolute Gasteiger partial charge is 0.178 e. The van der Waals surface area contributed by atoms with E-state index < -0.39 is 15.3 Å². The highest BCUT2D eigenvalue weighted by Gasteiger charge is 2.21. The molecular formula is C16H21NO2S. The average molecular weight is 291 g/mol. The maximum absolute atomic E-state index is 12.3. The van der Waals surface area contributed by atoms with Crippen molar-refractivity contribution < 1.29 is 8.42 Å². The van der Waals surface area contributed by atoms with E-state index in [0.29, 0.717) is 17.7 Å². The predicted molar refractivity (Wildman–Crippen MR) is 79.1 cm³/mol. The summed E-state index contributed by atoms with van der Waals surface area (Å²) in [5.41, 5.74) is 2.02. The quantitative estimate of drug-likeness (QED) is 0.836. The summed E-state index contributed by atoms with van der Waals surface area (Å²) in [6.45, 7) is 3.68. The van der Waals surface area contributed by atoms with Crippen molar-refractivity contribution in [1.82, 2.24) is 0 Å². The monoisotopic (exact) mass is 291 g/mol. The van der Waals surface area contributed by atoms with E-state index >= 15 is 0 Å². The molecule has 0 spiro atoms. The van der Waals surface area contributed by atoms with Gasteiger partial charge >= 0.3 is 0 Å². The summed E-state index contributed by atoms with van der Waals surface area (Å²) in [5.74, 6) is 0.122. The molecule has 0 aliphatic heterocycles. The molecule has 20 heavy (non-hydrogen) atoms. The summed E-state index contributed by atoms with van der Waals surface area (Å²) in [5, 5.41) is 8.95. The van der Waals surface area contributed by atoms with E-state index in [1.54, 1.807) is 6.07 Å². The van der Waals surface area contributed by atoms with Gasteiger partial charge in [0.05, 0.1) is 22.1 Å². The number of fused-ring (bicyclic) bond motifs is 1. The first kappa shape index (κ1) is 15.1. The number of nitrogens with zero attached hydrogens (tertiary/aromatic N) is 1. The SMILES string of the molecule is CC(C)(C#N)CCCS(=O)(=O)c1ccc2c(c1)CCC2. The van der Waals surface area contributed by atoms with Gasteiger partial charge in [-0.1, -0.05) is 6.07 Å². The van der Waals surface area contributed by atoms with Crippen LogP contribution in [0.4, 0.5) is 0 Å². The number of benzene rings is 1. The van der Waals surface area contributed by atoms with Crippen LogP contribution >= 0.6 is 0 Å². The molecule has 0 saturated carbocycles. The molecule has 1 aromatic rings. The standard InChI is InChI=1S/C16H21NO2S/c1-16(2,12-17)9-4-10-20(18,19)15-8-7-13-5-3-6-14(13)11-15/h7-8,11H,3-6,9-10H2,1-2H3. The Hall–Kier alpha value is -1.34. The van der Waals surface area contributed by atoms with E-state index in [-0.39, 0.29) is 5.75 Å². The minimum atomic E-state index is -3.22. The van der Waals surface area contributed by atoms with Gasteiger partial charge < -0.3 is 0 Å².